The van der Waals surface area contributed by atoms with Crippen LogP contribution in [-0.2, 0) is 10.9 Å². The van der Waals surface area contributed by atoms with E-state index in [1.165, 1.54) is 30.5 Å². The summed E-state index contributed by atoms with van der Waals surface area (Å²) in [6, 6.07) is 24.9. The monoisotopic (exact) mass is 535 g/mol. The predicted molar refractivity (Wildman–Crippen MR) is 147 cm³/mol. The van der Waals surface area contributed by atoms with Gasteiger partial charge in [-0.2, -0.15) is 13.2 Å². The number of halogens is 3. The average molecular weight is 536 g/mol. The molecule has 206 valence electrons. The van der Waals surface area contributed by atoms with Gasteiger partial charge in [-0.3, -0.25) is 0 Å². The summed E-state index contributed by atoms with van der Waals surface area (Å²) in [7, 11) is 0. The molecule has 0 amide bonds. The number of rotatable bonds is 7. The third-order valence-corrected chi connectivity index (χ3v) is 8.57. The molecule has 3 heterocycles. The molecule has 0 saturated carbocycles. The highest BCUT2D eigenvalue weighted by atomic mass is 19.4. The van der Waals surface area contributed by atoms with Gasteiger partial charge < -0.3 is 20.3 Å². The van der Waals surface area contributed by atoms with Gasteiger partial charge in [0.25, 0.3) is 0 Å². The van der Waals surface area contributed by atoms with Crippen molar-refractivity contribution < 1.29 is 17.9 Å². The van der Waals surface area contributed by atoms with E-state index < -0.39 is 17.8 Å². The van der Waals surface area contributed by atoms with E-state index in [1.807, 2.05) is 24.3 Å². The Bertz CT molecular complexity index is 1230. The van der Waals surface area contributed by atoms with Crippen LogP contribution >= 0.6 is 0 Å². The summed E-state index contributed by atoms with van der Waals surface area (Å²) in [5.74, 6) is 0.0501. The van der Waals surface area contributed by atoms with Crippen LogP contribution in [0.25, 0.3) is 0 Å². The fourth-order valence-electron chi connectivity index (χ4n) is 6.54. The van der Waals surface area contributed by atoms with Crippen LogP contribution < -0.4 is 10.6 Å². The Balaban J connectivity index is 1.23. The maximum absolute atomic E-state index is 13.7. The number of nitrogens with zero attached hydrogens (tertiary/aromatic N) is 1. The zero-order chi connectivity index (χ0) is 26.8. The van der Waals surface area contributed by atoms with Crippen molar-refractivity contribution in [1.82, 2.24) is 10.2 Å². The van der Waals surface area contributed by atoms with Gasteiger partial charge in [-0.1, -0.05) is 60.7 Å². The van der Waals surface area contributed by atoms with Crippen LogP contribution in [-0.4, -0.2) is 37.2 Å². The third kappa shape index (κ3) is 5.86. The van der Waals surface area contributed by atoms with E-state index in [1.54, 1.807) is 6.07 Å². The molecule has 6 rings (SSSR count). The lowest BCUT2D eigenvalue weighted by Crippen LogP contribution is -2.44. The van der Waals surface area contributed by atoms with Gasteiger partial charge >= 0.3 is 6.18 Å². The lowest BCUT2D eigenvalue weighted by Gasteiger charge is -2.46. The molecule has 0 aromatic heterocycles. The number of ether oxygens (including phenoxy) is 1. The van der Waals surface area contributed by atoms with Crippen LogP contribution in [0.3, 0.4) is 0 Å². The minimum atomic E-state index is -4.39. The van der Waals surface area contributed by atoms with Gasteiger partial charge in [0.2, 0.25) is 0 Å². The van der Waals surface area contributed by atoms with Gasteiger partial charge in [-0.25, -0.2) is 0 Å². The standard InChI is InChI=1S/C32H36F3N3O/c33-32(34,35)24-13-16-28-27(19-24)31-26(30(37-28)23-11-5-2-6-12-23)15-14-25(39-31)20-36-29(21-38-17-7-8-18-38)22-9-3-1-4-10-22/h1-6,9-13,16,19,25-26,29-31,36-37H,7-8,14-15,17-18,20-21H2/t25-,26+,29?,30+,31+/m1/s1. The maximum atomic E-state index is 13.7. The number of likely N-dealkylation sites (tertiary alicyclic amines) is 1. The summed E-state index contributed by atoms with van der Waals surface area (Å²) < 4.78 is 47.7. The van der Waals surface area contributed by atoms with Crippen LogP contribution in [0.2, 0.25) is 0 Å². The Morgan fingerprint density at radius 3 is 2.36 bits per heavy atom. The summed E-state index contributed by atoms with van der Waals surface area (Å²) in [4.78, 5) is 2.51. The highest BCUT2D eigenvalue weighted by Gasteiger charge is 2.43. The number of anilines is 1. The number of hydrogen-bond donors (Lipinski definition) is 2. The zero-order valence-electron chi connectivity index (χ0n) is 22.0. The second-order valence-corrected chi connectivity index (χ2v) is 11.1. The van der Waals surface area contributed by atoms with Gasteiger partial charge in [0.15, 0.2) is 0 Å². The fraction of sp³-hybridized carbons (Fsp3) is 0.438. The molecule has 3 aliphatic heterocycles. The van der Waals surface area contributed by atoms with Crippen molar-refractivity contribution in [2.75, 3.05) is 31.5 Å². The first-order valence-electron chi connectivity index (χ1n) is 14.1. The smallest absolute Gasteiger partial charge is 0.378 e. The van der Waals surface area contributed by atoms with Crippen LogP contribution in [0.1, 0.15) is 66.1 Å². The van der Waals surface area contributed by atoms with Crippen molar-refractivity contribution in [1.29, 1.82) is 0 Å². The van der Waals surface area contributed by atoms with E-state index >= 15 is 0 Å². The molecule has 1 unspecified atom stereocenters. The number of alkyl halides is 3. The Kier molecular flexibility index (Phi) is 7.65. The molecular weight excluding hydrogens is 499 g/mol. The molecule has 0 bridgehead atoms. The summed E-state index contributed by atoms with van der Waals surface area (Å²) in [5.41, 5.74) is 3.10. The molecule has 2 saturated heterocycles. The van der Waals surface area contributed by atoms with Crippen molar-refractivity contribution in [3.63, 3.8) is 0 Å². The summed E-state index contributed by atoms with van der Waals surface area (Å²) in [6.07, 6.45) is -0.649. The lowest BCUT2D eigenvalue weighted by atomic mass is 9.76. The lowest BCUT2D eigenvalue weighted by molar-refractivity contribution is -0.138. The van der Waals surface area contributed by atoms with Crippen molar-refractivity contribution in [3.8, 4) is 0 Å². The molecule has 0 radical (unpaired) electrons. The zero-order valence-corrected chi connectivity index (χ0v) is 22.0. The molecule has 3 aliphatic rings. The van der Waals surface area contributed by atoms with Crippen molar-refractivity contribution in [3.05, 3.63) is 101 Å². The van der Waals surface area contributed by atoms with Gasteiger partial charge in [0.05, 0.1) is 23.8 Å². The molecule has 7 heteroatoms. The van der Waals surface area contributed by atoms with E-state index in [2.05, 4.69) is 51.9 Å². The van der Waals surface area contributed by atoms with E-state index in [4.69, 9.17) is 4.74 Å². The predicted octanol–water partition coefficient (Wildman–Crippen LogP) is 7.14. The molecule has 3 aromatic rings. The van der Waals surface area contributed by atoms with Crippen molar-refractivity contribution >= 4 is 5.69 Å². The maximum Gasteiger partial charge on any atom is 0.416 e. The van der Waals surface area contributed by atoms with Gasteiger partial charge in [0.1, 0.15) is 0 Å². The fourth-order valence-corrected chi connectivity index (χ4v) is 6.54. The topological polar surface area (TPSA) is 36.5 Å². The minimum absolute atomic E-state index is 0.0124. The SMILES string of the molecule is FC(F)(F)c1ccc2c(c1)[C@H]1O[C@@H](CNC(CN3CCCC3)c3ccccc3)CC[C@H]1[C@H](c1ccccc1)N2. The first-order valence-corrected chi connectivity index (χ1v) is 14.1. The first-order chi connectivity index (χ1) is 19.0. The number of nitrogens with one attached hydrogen (secondary N) is 2. The second kappa shape index (κ2) is 11.3. The molecule has 0 aliphatic carbocycles. The quantitative estimate of drug-likeness (QED) is 0.337. The summed E-state index contributed by atoms with van der Waals surface area (Å²) in [5, 5.41) is 7.32. The molecule has 0 spiro atoms. The van der Waals surface area contributed by atoms with Crippen LogP contribution in [0.4, 0.5) is 18.9 Å². The Labute approximate surface area is 228 Å². The van der Waals surface area contributed by atoms with Crippen molar-refractivity contribution in [2.24, 2.45) is 5.92 Å². The Hall–Kier alpha value is -2.87. The normalized spacial score (nSPS) is 25.9. The van der Waals surface area contributed by atoms with E-state index in [9.17, 15) is 13.2 Å². The first kappa shape index (κ1) is 26.4. The highest BCUT2D eigenvalue weighted by molar-refractivity contribution is 5.58. The van der Waals surface area contributed by atoms with E-state index in [0.29, 0.717) is 12.1 Å². The molecule has 2 fully saturated rings. The summed E-state index contributed by atoms with van der Waals surface area (Å²) >= 11 is 0. The average Bonchev–Trinajstić information content (AvgIpc) is 3.48. The Morgan fingerprint density at radius 1 is 0.923 bits per heavy atom. The van der Waals surface area contributed by atoms with Gasteiger partial charge in [-0.05, 0) is 68.1 Å². The van der Waals surface area contributed by atoms with E-state index in [0.717, 1.165) is 43.7 Å². The molecule has 5 atom stereocenters. The van der Waals surface area contributed by atoms with Gasteiger partial charge in [-0.15, -0.1) is 0 Å². The highest BCUT2D eigenvalue weighted by Crippen LogP contribution is 2.51. The van der Waals surface area contributed by atoms with Crippen LogP contribution in [0, 0.1) is 5.92 Å². The molecule has 3 aromatic carbocycles. The van der Waals surface area contributed by atoms with E-state index in [-0.39, 0.29) is 24.1 Å². The number of fused-ring (bicyclic) bond motifs is 3. The van der Waals surface area contributed by atoms with Crippen molar-refractivity contribution in [2.45, 2.75) is 56.2 Å². The van der Waals surface area contributed by atoms with Gasteiger partial charge in [0, 0.05) is 36.3 Å². The summed E-state index contributed by atoms with van der Waals surface area (Å²) in [6.45, 7) is 3.86. The number of benzene rings is 3. The second-order valence-electron chi connectivity index (χ2n) is 11.1. The molecule has 4 nitrogen and oxygen atoms in total. The largest absolute Gasteiger partial charge is 0.416 e. The third-order valence-electron chi connectivity index (χ3n) is 8.57. The molecular formula is C32H36F3N3O. The van der Waals surface area contributed by atoms with Crippen LogP contribution in [0.5, 0.6) is 0 Å². The Morgan fingerprint density at radius 2 is 1.64 bits per heavy atom. The number of hydrogen-bond acceptors (Lipinski definition) is 4. The van der Waals surface area contributed by atoms with Crippen LogP contribution in [0.15, 0.2) is 78.9 Å². The minimum Gasteiger partial charge on any atom is -0.378 e. The molecule has 39 heavy (non-hydrogen) atoms. The molecule has 2 N–H and O–H groups in total.